The standard InChI is InChI=1S/C19H23N3O3/c1-14-20-11-9-18(21-14)25-17-10-12-22(13-17)19(23)8-5-15-3-6-16(24-2)7-4-15/h3-4,6-7,9,11,17H,5,8,10,12-13H2,1-2H3/t17-/m1/s1. The van der Waals surface area contributed by atoms with Crippen LogP contribution in [-0.2, 0) is 11.2 Å². The van der Waals surface area contributed by atoms with E-state index in [2.05, 4.69) is 9.97 Å². The number of carbonyl (C=O) groups is 1. The average molecular weight is 341 g/mol. The molecule has 1 saturated heterocycles. The van der Waals surface area contributed by atoms with Gasteiger partial charge >= 0.3 is 0 Å². The quantitative estimate of drug-likeness (QED) is 0.807. The number of rotatable bonds is 6. The van der Waals surface area contributed by atoms with E-state index >= 15 is 0 Å². The van der Waals surface area contributed by atoms with Gasteiger partial charge in [0.15, 0.2) is 0 Å². The molecule has 1 aliphatic heterocycles. The molecule has 0 spiro atoms. The molecule has 0 N–H and O–H groups in total. The molecule has 1 aromatic carbocycles. The van der Waals surface area contributed by atoms with Gasteiger partial charge in [0.05, 0.1) is 13.7 Å². The fourth-order valence-corrected chi connectivity index (χ4v) is 2.92. The smallest absolute Gasteiger partial charge is 0.223 e. The van der Waals surface area contributed by atoms with Gasteiger partial charge in [-0.3, -0.25) is 4.79 Å². The number of carbonyl (C=O) groups excluding carboxylic acids is 1. The Kier molecular flexibility index (Phi) is 5.48. The van der Waals surface area contributed by atoms with Crippen LogP contribution in [0.5, 0.6) is 11.6 Å². The van der Waals surface area contributed by atoms with E-state index in [1.807, 2.05) is 36.1 Å². The van der Waals surface area contributed by atoms with E-state index in [0.717, 1.165) is 30.7 Å². The van der Waals surface area contributed by atoms with Gasteiger partial charge in [-0.15, -0.1) is 0 Å². The summed E-state index contributed by atoms with van der Waals surface area (Å²) in [5.74, 6) is 2.25. The largest absolute Gasteiger partial charge is 0.497 e. The second kappa shape index (κ2) is 7.96. The lowest BCUT2D eigenvalue weighted by Gasteiger charge is -2.17. The van der Waals surface area contributed by atoms with E-state index in [9.17, 15) is 4.79 Å². The van der Waals surface area contributed by atoms with Gasteiger partial charge in [-0.2, -0.15) is 4.98 Å². The Hall–Kier alpha value is -2.63. The summed E-state index contributed by atoms with van der Waals surface area (Å²) in [7, 11) is 1.65. The van der Waals surface area contributed by atoms with E-state index in [4.69, 9.17) is 9.47 Å². The van der Waals surface area contributed by atoms with Gasteiger partial charge in [-0.1, -0.05) is 12.1 Å². The minimum Gasteiger partial charge on any atom is -0.497 e. The molecule has 1 atom stereocenters. The van der Waals surface area contributed by atoms with Crippen molar-refractivity contribution in [1.29, 1.82) is 0 Å². The highest BCUT2D eigenvalue weighted by atomic mass is 16.5. The Bertz CT molecular complexity index is 718. The molecule has 6 nitrogen and oxygen atoms in total. The fourth-order valence-electron chi connectivity index (χ4n) is 2.92. The van der Waals surface area contributed by atoms with Crippen molar-refractivity contribution in [2.45, 2.75) is 32.3 Å². The van der Waals surface area contributed by atoms with Crippen molar-refractivity contribution in [2.75, 3.05) is 20.2 Å². The maximum absolute atomic E-state index is 12.4. The Morgan fingerprint density at radius 3 is 2.80 bits per heavy atom. The summed E-state index contributed by atoms with van der Waals surface area (Å²) in [6.07, 6.45) is 3.75. The summed E-state index contributed by atoms with van der Waals surface area (Å²) in [5, 5.41) is 0. The second-order valence-corrected chi connectivity index (χ2v) is 6.16. The summed E-state index contributed by atoms with van der Waals surface area (Å²) < 4.78 is 11.0. The monoisotopic (exact) mass is 341 g/mol. The second-order valence-electron chi connectivity index (χ2n) is 6.16. The van der Waals surface area contributed by atoms with E-state index < -0.39 is 0 Å². The number of nitrogens with zero attached hydrogens (tertiary/aromatic N) is 3. The number of likely N-dealkylation sites (tertiary alicyclic amines) is 1. The van der Waals surface area contributed by atoms with E-state index in [1.54, 1.807) is 19.4 Å². The summed E-state index contributed by atoms with van der Waals surface area (Å²) in [6.45, 7) is 3.18. The molecule has 132 valence electrons. The van der Waals surface area contributed by atoms with Crippen molar-refractivity contribution < 1.29 is 14.3 Å². The van der Waals surface area contributed by atoms with Crippen molar-refractivity contribution in [3.05, 3.63) is 47.9 Å². The first kappa shape index (κ1) is 17.2. The number of aromatic nitrogens is 2. The lowest BCUT2D eigenvalue weighted by Crippen LogP contribution is -2.31. The maximum atomic E-state index is 12.4. The minimum atomic E-state index is -0.000707. The zero-order valence-electron chi connectivity index (χ0n) is 14.6. The first-order valence-electron chi connectivity index (χ1n) is 8.51. The summed E-state index contributed by atoms with van der Waals surface area (Å²) in [5.41, 5.74) is 1.14. The number of methoxy groups -OCH3 is 1. The fraction of sp³-hybridized carbons (Fsp3) is 0.421. The predicted molar refractivity (Wildman–Crippen MR) is 93.7 cm³/mol. The van der Waals surface area contributed by atoms with Crippen LogP contribution in [-0.4, -0.2) is 47.1 Å². The molecule has 6 heteroatoms. The number of amides is 1. The van der Waals surface area contributed by atoms with Crippen LogP contribution in [0, 0.1) is 6.92 Å². The minimum absolute atomic E-state index is 0.000707. The molecule has 3 rings (SSSR count). The van der Waals surface area contributed by atoms with Crippen LogP contribution in [0.4, 0.5) is 0 Å². The topological polar surface area (TPSA) is 64.5 Å². The Morgan fingerprint density at radius 2 is 2.08 bits per heavy atom. The molecule has 25 heavy (non-hydrogen) atoms. The molecule has 0 unspecified atom stereocenters. The van der Waals surface area contributed by atoms with Crippen LogP contribution in [0.3, 0.4) is 0 Å². The molecule has 1 aromatic heterocycles. The predicted octanol–water partition coefficient (Wildman–Crippen LogP) is 2.41. The lowest BCUT2D eigenvalue weighted by atomic mass is 10.1. The van der Waals surface area contributed by atoms with Crippen molar-refractivity contribution >= 4 is 5.91 Å². The third kappa shape index (κ3) is 4.68. The van der Waals surface area contributed by atoms with Gasteiger partial charge in [0.2, 0.25) is 11.8 Å². The SMILES string of the molecule is COc1ccc(CCC(=O)N2CC[C@@H](Oc3ccnc(C)n3)C2)cc1. The molecule has 2 heterocycles. The molecule has 1 fully saturated rings. The highest BCUT2D eigenvalue weighted by Gasteiger charge is 2.27. The molecule has 2 aromatic rings. The molecular weight excluding hydrogens is 318 g/mol. The first-order chi connectivity index (χ1) is 12.1. The zero-order chi connectivity index (χ0) is 17.6. The molecule has 0 bridgehead atoms. The highest BCUT2D eigenvalue weighted by Crippen LogP contribution is 2.18. The van der Waals surface area contributed by atoms with Crippen molar-refractivity contribution in [3.63, 3.8) is 0 Å². The Balaban J connectivity index is 1.47. The molecule has 0 aliphatic carbocycles. The summed E-state index contributed by atoms with van der Waals surface area (Å²) in [4.78, 5) is 22.6. The number of ether oxygens (including phenoxy) is 2. The van der Waals surface area contributed by atoms with Crippen LogP contribution in [0.1, 0.15) is 24.2 Å². The van der Waals surface area contributed by atoms with Crippen molar-refractivity contribution in [3.8, 4) is 11.6 Å². The van der Waals surface area contributed by atoms with Gasteiger partial charge in [0.1, 0.15) is 17.7 Å². The van der Waals surface area contributed by atoms with Crippen molar-refractivity contribution in [1.82, 2.24) is 14.9 Å². The van der Waals surface area contributed by atoms with E-state index in [0.29, 0.717) is 24.7 Å². The van der Waals surface area contributed by atoms with Crippen LogP contribution in [0.25, 0.3) is 0 Å². The number of hydrogen-bond acceptors (Lipinski definition) is 5. The van der Waals surface area contributed by atoms with Crippen LogP contribution in [0.2, 0.25) is 0 Å². The summed E-state index contributed by atoms with van der Waals surface area (Å²) in [6, 6.07) is 9.59. The molecule has 0 radical (unpaired) electrons. The zero-order valence-corrected chi connectivity index (χ0v) is 14.6. The average Bonchev–Trinajstić information content (AvgIpc) is 3.08. The summed E-state index contributed by atoms with van der Waals surface area (Å²) >= 11 is 0. The molecule has 0 saturated carbocycles. The van der Waals surface area contributed by atoms with Gasteiger partial charge in [-0.05, 0) is 31.0 Å². The first-order valence-corrected chi connectivity index (χ1v) is 8.51. The molecule has 1 amide bonds. The van der Waals surface area contributed by atoms with Gasteiger partial charge < -0.3 is 14.4 Å². The van der Waals surface area contributed by atoms with Gasteiger partial charge in [0.25, 0.3) is 0 Å². The number of hydrogen-bond donors (Lipinski definition) is 0. The third-order valence-electron chi connectivity index (χ3n) is 4.32. The molecule has 1 aliphatic rings. The molecular formula is C19H23N3O3. The Morgan fingerprint density at radius 1 is 1.28 bits per heavy atom. The lowest BCUT2D eigenvalue weighted by molar-refractivity contribution is -0.130. The van der Waals surface area contributed by atoms with Crippen molar-refractivity contribution in [2.24, 2.45) is 0 Å². The van der Waals surface area contributed by atoms with Crippen LogP contribution >= 0.6 is 0 Å². The van der Waals surface area contributed by atoms with E-state index in [1.165, 1.54) is 0 Å². The maximum Gasteiger partial charge on any atom is 0.223 e. The van der Waals surface area contributed by atoms with Crippen LogP contribution < -0.4 is 9.47 Å². The number of benzene rings is 1. The normalized spacial score (nSPS) is 16.7. The van der Waals surface area contributed by atoms with E-state index in [-0.39, 0.29) is 12.0 Å². The van der Waals surface area contributed by atoms with Gasteiger partial charge in [0, 0.05) is 31.6 Å². The van der Waals surface area contributed by atoms with Crippen LogP contribution in [0.15, 0.2) is 36.5 Å². The highest BCUT2D eigenvalue weighted by molar-refractivity contribution is 5.76. The van der Waals surface area contributed by atoms with Gasteiger partial charge in [-0.25, -0.2) is 4.98 Å². The Labute approximate surface area is 147 Å². The number of aryl methyl sites for hydroxylation is 2. The third-order valence-corrected chi connectivity index (χ3v) is 4.32.